The van der Waals surface area contributed by atoms with Crippen LogP contribution < -0.4 is 10.1 Å². The molecule has 16 heteroatoms. The topological polar surface area (TPSA) is 137 Å². The highest BCUT2D eigenvalue weighted by Gasteiger charge is 2.31. The molecule has 0 aliphatic heterocycles. The highest BCUT2D eigenvalue weighted by molar-refractivity contribution is 6.32. The lowest BCUT2D eigenvalue weighted by Gasteiger charge is -2.12. The molecule has 0 aliphatic rings. The number of rotatable bonds is 8. The molecule has 0 aliphatic carbocycles. The summed E-state index contributed by atoms with van der Waals surface area (Å²) in [6.07, 6.45) is -4.61. The van der Waals surface area contributed by atoms with Gasteiger partial charge >= 0.3 is 24.1 Å². The molecule has 0 atom stereocenters. The number of carbonyl (C=O) groups excluding carboxylic acids is 3. The number of esters is 2. The number of aryl methyl sites for hydroxylation is 1. The first kappa shape index (κ1) is 35.6. The van der Waals surface area contributed by atoms with Crippen LogP contribution in [0.1, 0.15) is 28.4 Å². The number of alkyl halides is 3. The Bertz CT molecular complexity index is 1530. The van der Waals surface area contributed by atoms with Crippen molar-refractivity contribution in [3.05, 3.63) is 91.4 Å². The van der Waals surface area contributed by atoms with Crippen molar-refractivity contribution in [2.75, 3.05) is 32.6 Å². The maximum atomic E-state index is 12.7. The molecule has 0 aromatic heterocycles. The summed E-state index contributed by atoms with van der Waals surface area (Å²) in [5, 5.41) is 14.2. The summed E-state index contributed by atoms with van der Waals surface area (Å²) in [6.45, 7) is 2.74. The van der Waals surface area contributed by atoms with Gasteiger partial charge in [-0.05, 0) is 55.8 Å². The lowest BCUT2D eigenvalue weighted by molar-refractivity contribution is -0.385. The summed E-state index contributed by atoms with van der Waals surface area (Å²) in [5.41, 5.74) is -0.458. The molecule has 0 saturated heterocycles. The van der Waals surface area contributed by atoms with Gasteiger partial charge in [-0.2, -0.15) is 13.2 Å². The van der Waals surface area contributed by atoms with E-state index in [1.54, 1.807) is 20.2 Å². The Labute approximate surface area is 259 Å². The van der Waals surface area contributed by atoms with Gasteiger partial charge in [0.05, 0.1) is 22.1 Å². The van der Waals surface area contributed by atoms with E-state index in [2.05, 4.69) is 10.1 Å². The second kappa shape index (κ2) is 15.8. The van der Waals surface area contributed by atoms with Crippen LogP contribution in [0.15, 0.2) is 54.6 Å². The predicted octanol–water partition coefficient (Wildman–Crippen LogP) is 7.52. The van der Waals surface area contributed by atoms with Crippen molar-refractivity contribution in [1.82, 2.24) is 4.90 Å². The number of amides is 2. The minimum atomic E-state index is -4.61. The molecular weight excluding hydrogens is 634 g/mol. The van der Waals surface area contributed by atoms with E-state index in [0.29, 0.717) is 16.8 Å². The summed E-state index contributed by atoms with van der Waals surface area (Å²) < 4.78 is 52.8. The number of hydrogen-bond donors (Lipinski definition) is 1. The zero-order valence-corrected chi connectivity index (χ0v) is 25.2. The fourth-order valence-corrected chi connectivity index (χ4v) is 3.50. The zero-order chi connectivity index (χ0) is 33.2. The maximum absolute atomic E-state index is 12.7. The van der Waals surface area contributed by atoms with Crippen molar-refractivity contribution in [2.45, 2.75) is 20.0 Å². The van der Waals surface area contributed by atoms with E-state index in [0.717, 1.165) is 35.9 Å². The lowest BCUT2D eigenvalue weighted by atomic mass is 10.1. The first-order valence-electron chi connectivity index (χ1n) is 12.4. The van der Waals surface area contributed by atoms with Crippen LogP contribution in [-0.2, 0) is 20.4 Å². The minimum absolute atomic E-state index is 0.0493. The number of benzene rings is 3. The number of carbonyl (C=O) groups is 3. The molecule has 44 heavy (non-hydrogen) atoms. The number of nitro benzene ring substituents is 1. The third kappa shape index (κ3) is 10.6. The quantitative estimate of drug-likeness (QED) is 0.149. The van der Waals surface area contributed by atoms with Crippen LogP contribution >= 0.6 is 23.2 Å². The van der Waals surface area contributed by atoms with E-state index in [1.807, 2.05) is 19.1 Å². The van der Waals surface area contributed by atoms with Crippen LogP contribution in [0.4, 0.5) is 29.3 Å². The van der Waals surface area contributed by atoms with Crippen LogP contribution in [0.2, 0.25) is 10.0 Å². The fourth-order valence-electron chi connectivity index (χ4n) is 3.10. The highest BCUT2D eigenvalue weighted by atomic mass is 35.5. The Morgan fingerprint density at radius 3 is 2.20 bits per heavy atom. The maximum Gasteiger partial charge on any atom is 0.416 e. The van der Waals surface area contributed by atoms with Gasteiger partial charge in [0.1, 0.15) is 17.1 Å². The van der Waals surface area contributed by atoms with E-state index in [9.17, 15) is 37.7 Å². The second-order valence-corrected chi connectivity index (χ2v) is 9.67. The minimum Gasteiger partial charge on any atom is -0.463 e. The van der Waals surface area contributed by atoms with E-state index in [1.165, 1.54) is 11.8 Å². The third-order valence-electron chi connectivity index (χ3n) is 5.33. The standard InChI is InChI=1S/C18H13ClF3NO7.C10H13ClN2O/c1-2-28-16(24)9-29-17(25)12-8-11(4-5-14(12)23(26)27)30-15-6-3-10(7-13(15)19)18(20,21)22;1-7-4-5-8(6-9(7)11)12-10(14)13(2)3/h3-8H,2,9H2,1H3;4-6H,1-3H3,(H,12,14). The molecule has 11 nitrogen and oxygen atoms in total. The molecule has 0 spiro atoms. The van der Waals surface area contributed by atoms with Gasteiger partial charge in [0.2, 0.25) is 0 Å². The molecule has 3 aromatic carbocycles. The molecule has 3 aromatic rings. The summed E-state index contributed by atoms with van der Waals surface area (Å²) in [5.74, 6) is -2.36. The SMILES string of the molecule is CCOC(=O)COC(=O)c1cc(Oc2ccc(C(F)(F)F)cc2Cl)ccc1[N+](=O)[O-].Cc1ccc(NC(=O)N(C)C)cc1Cl. The van der Waals surface area contributed by atoms with E-state index in [4.69, 9.17) is 32.7 Å². The number of nitro groups is 1. The number of anilines is 1. The van der Waals surface area contributed by atoms with Crippen molar-refractivity contribution in [3.8, 4) is 11.5 Å². The van der Waals surface area contributed by atoms with E-state index in [-0.39, 0.29) is 29.2 Å². The lowest BCUT2D eigenvalue weighted by Crippen LogP contribution is -2.27. The molecule has 0 fully saturated rings. The average Bonchev–Trinajstić information content (AvgIpc) is 2.94. The van der Waals surface area contributed by atoms with Crippen LogP contribution in [-0.4, -0.2) is 55.1 Å². The Balaban J connectivity index is 0.000000402. The average molecular weight is 660 g/mol. The first-order chi connectivity index (χ1) is 20.5. The van der Waals surface area contributed by atoms with Gasteiger partial charge < -0.3 is 24.4 Å². The number of hydrogen-bond acceptors (Lipinski definition) is 8. The molecule has 0 heterocycles. The third-order valence-corrected chi connectivity index (χ3v) is 6.03. The van der Waals surface area contributed by atoms with Gasteiger partial charge in [-0.25, -0.2) is 14.4 Å². The predicted molar refractivity (Wildman–Crippen MR) is 155 cm³/mol. The Morgan fingerprint density at radius 1 is 0.977 bits per heavy atom. The molecule has 0 radical (unpaired) electrons. The van der Waals surface area contributed by atoms with Crippen molar-refractivity contribution in [2.24, 2.45) is 0 Å². The monoisotopic (exact) mass is 659 g/mol. The molecule has 2 amide bonds. The number of urea groups is 1. The van der Waals surface area contributed by atoms with E-state index >= 15 is 0 Å². The van der Waals surface area contributed by atoms with Crippen molar-refractivity contribution in [1.29, 1.82) is 0 Å². The van der Waals surface area contributed by atoms with Crippen molar-refractivity contribution >= 4 is 52.5 Å². The van der Waals surface area contributed by atoms with Crippen molar-refractivity contribution < 1.29 is 46.7 Å². The van der Waals surface area contributed by atoms with Crippen LogP contribution in [0.5, 0.6) is 11.5 Å². The molecule has 0 saturated carbocycles. The van der Waals surface area contributed by atoms with Gasteiger partial charge in [0.15, 0.2) is 6.61 Å². The van der Waals surface area contributed by atoms with Crippen LogP contribution in [0, 0.1) is 17.0 Å². The van der Waals surface area contributed by atoms with Crippen molar-refractivity contribution in [3.63, 3.8) is 0 Å². The van der Waals surface area contributed by atoms with Gasteiger partial charge in [0.25, 0.3) is 5.69 Å². The smallest absolute Gasteiger partial charge is 0.416 e. The second-order valence-electron chi connectivity index (χ2n) is 8.85. The normalized spacial score (nSPS) is 10.6. The fraction of sp³-hybridized carbons (Fsp3) is 0.250. The number of ether oxygens (including phenoxy) is 3. The Kier molecular flexibility index (Phi) is 12.8. The summed E-state index contributed by atoms with van der Waals surface area (Å²) in [6, 6.07) is 10.6. The molecule has 3 rings (SSSR count). The van der Waals surface area contributed by atoms with Gasteiger partial charge in [-0.15, -0.1) is 0 Å². The summed E-state index contributed by atoms with van der Waals surface area (Å²) >= 11 is 11.7. The van der Waals surface area contributed by atoms with Crippen LogP contribution in [0.25, 0.3) is 0 Å². The summed E-state index contributed by atoms with van der Waals surface area (Å²) in [7, 11) is 3.37. The number of nitrogens with one attached hydrogen (secondary N) is 1. The van der Waals surface area contributed by atoms with Crippen LogP contribution in [0.3, 0.4) is 0 Å². The number of halogens is 5. The highest BCUT2D eigenvalue weighted by Crippen LogP contribution is 2.37. The number of nitrogens with zero attached hydrogens (tertiary/aromatic N) is 2. The molecule has 0 bridgehead atoms. The van der Waals surface area contributed by atoms with Gasteiger partial charge in [0, 0.05) is 36.9 Å². The Morgan fingerprint density at radius 2 is 1.66 bits per heavy atom. The first-order valence-corrected chi connectivity index (χ1v) is 13.2. The van der Waals surface area contributed by atoms with E-state index < -0.39 is 46.5 Å². The molecular formula is C28H26Cl2F3N3O8. The molecule has 1 N–H and O–H groups in total. The molecule has 0 unspecified atom stereocenters. The van der Waals surface area contributed by atoms with Gasteiger partial charge in [-0.3, -0.25) is 10.1 Å². The largest absolute Gasteiger partial charge is 0.463 e. The molecule has 236 valence electrons. The van der Waals surface area contributed by atoms with Gasteiger partial charge in [-0.1, -0.05) is 29.3 Å². The zero-order valence-electron chi connectivity index (χ0n) is 23.7. The summed E-state index contributed by atoms with van der Waals surface area (Å²) in [4.78, 5) is 46.5. The Hall–Kier alpha value is -4.56.